The van der Waals surface area contributed by atoms with Crippen molar-refractivity contribution >= 4 is 22.4 Å². The molecule has 1 fully saturated rings. The Kier molecular flexibility index (Phi) is 15.2. The molecule has 0 N–H and O–H groups in total. The molecule has 0 bridgehead atoms. The van der Waals surface area contributed by atoms with E-state index in [0.29, 0.717) is 19.6 Å². The molecule has 0 unspecified atom stereocenters. The fraction of sp³-hybridized carbons (Fsp3) is 0.763. The minimum atomic E-state index is -2.17. The van der Waals surface area contributed by atoms with Crippen LogP contribution in [0.5, 0.6) is 0 Å². The van der Waals surface area contributed by atoms with Crippen molar-refractivity contribution in [2.45, 2.75) is 174 Å². The van der Waals surface area contributed by atoms with Crippen molar-refractivity contribution in [1.29, 1.82) is 0 Å². The van der Waals surface area contributed by atoms with Gasteiger partial charge in [-0.1, -0.05) is 98.2 Å². The minimum Gasteiger partial charge on any atom is -0.411 e. The average molecular weight is 677 g/mol. The Morgan fingerprint density at radius 2 is 1.52 bits per heavy atom. The van der Waals surface area contributed by atoms with E-state index in [1.807, 2.05) is 19.9 Å². The molecule has 1 aromatic rings. The number of unbranched alkanes of at least 4 members (excludes halogenated alkanes) is 2. The van der Waals surface area contributed by atoms with Crippen molar-refractivity contribution in [2.24, 2.45) is 5.92 Å². The van der Waals surface area contributed by atoms with E-state index in [9.17, 15) is 4.79 Å². The zero-order valence-corrected chi connectivity index (χ0v) is 33.7. The van der Waals surface area contributed by atoms with Gasteiger partial charge in [-0.2, -0.15) is 0 Å². The highest BCUT2D eigenvalue weighted by molar-refractivity contribution is 6.74. The van der Waals surface area contributed by atoms with E-state index in [2.05, 4.69) is 105 Å². The molecular weight excluding hydrogens is 609 g/mol. The monoisotopic (exact) mass is 676 g/mol. The van der Waals surface area contributed by atoms with Crippen LogP contribution in [0.25, 0.3) is 0 Å². The van der Waals surface area contributed by atoms with Crippen LogP contribution < -0.4 is 0 Å². The van der Waals surface area contributed by atoms with E-state index >= 15 is 0 Å². The molecular formula is C38H68O6Si2. The van der Waals surface area contributed by atoms with Gasteiger partial charge in [-0.25, -0.2) is 0 Å². The fourth-order valence-electron chi connectivity index (χ4n) is 5.41. The summed E-state index contributed by atoms with van der Waals surface area (Å²) >= 11 is 0. The summed E-state index contributed by atoms with van der Waals surface area (Å²) in [6.07, 6.45) is 6.00. The zero-order chi connectivity index (χ0) is 35.0. The molecule has 1 aromatic carbocycles. The highest BCUT2D eigenvalue weighted by Crippen LogP contribution is 2.43. The summed E-state index contributed by atoms with van der Waals surface area (Å²) in [4.78, 5) is 11.9. The smallest absolute Gasteiger partial charge is 0.192 e. The third-order valence-electron chi connectivity index (χ3n) is 10.4. The number of allylic oxidation sites excluding steroid dienone is 1. The van der Waals surface area contributed by atoms with Gasteiger partial charge in [0.05, 0.1) is 31.5 Å². The van der Waals surface area contributed by atoms with E-state index in [4.69, 9.17) is 23.1 Å². The maximum Gasteiger partial charge on any atom is 0.192 e. The van der Waals surface area contributed by atoms with E-state index in [1.54, 1.807) is 0 Å². The Labute approximate surface area is 284 Å². The molecule has 6 nitrogen and oxygen atoms in total. The third kappa shape index (κ3) is 12.7. The van der Waals surface area contributed by atoms with Gasteiger partial charge >= 0.3 is 0 Å². The Bertz CT molecular complexity index is 1070. The van der Waals surface area contributed by atoms with Gasteiger partial charge in [-0.05, 0) is 86.9 Å². The first-order valence-corrected chi connectivity index (χ1v) is 23.4. The van der Waals surface area contributed by atoms with Crippen molar-refractivity contribution in [3.05, 3.63) is 48.6 Å². The van der Waals surface area contributed by atoms with E-state index in [1.165, 1.54) is 6.08 Å². The number of carbonyl (C=O) groups is 1. The van der Waals surface area contributed by atoms with Crippen molar-refractivity contribution in [3.8, 4) is 0 Å². The highest BCUT2D eigenvalue weighted by Gasteiger charge is 2.46. The van der Waals surface area contributed by atoms with Gasteiger partial charge in [0.25, 0.3) is 0 Å². The molecule has 5 atom stereocenters. The van der Waals surface area contributed by atoms with E-state index in [0.717, 1.165) is 37.7 Å². The maximum atomic E-state index is 11.9. The fourth-order valence-corrected chi connectivity index (χ4v) is 8.15. The summed E-state index contributed by atoms with van der Waals surface area (Å²) < 4.78 is 33.9. The first-order valence-electron chi connectivity index (χ1n) is 17.6. The SMILES string of the molecule is C=CC(=O)CCCCC[C@H](O[Si](C)(C)C(C)(C)C)[C@H](C[C@H](C)[C@@H](OCc1ccccc1)[C@@H]1COC(C)(C)O1)O[Si](C)(C)C(C)(C)C. The molecule has 8 heteroatoms. The molecule has 0 aliphatic carbocycles. The first kappa shape index (κ1) is 41.0. The van der Waals surface area contributed by atoms with Crippen LogP contribution >= 0.6 is 0 Å². The zero-order valence-electron chi connectivity index (χ0n) is 31.7. The van der Waals surface area contributed by atoms with Crippen LogP contribution in [0.3, 0.4) is 0 Å². The van der Waals surface area contributed by atoms with Crippen LogP contribution in [0, 0.1) is 5.92 Å². The number of ketones is 1. The number of hydrogen-bond donors (Lipinski definition) is 0. The second kappa shape index (κ2) is 17.0. The highest BCUT2D eigenvalue weighted by atomic mass is 28.4. The summed E-state index contributed by atoms with van der Waals surface area (Å²) in [6, 6.07) is 10.3. The summed E-state index contributed by atoms with van der Waals surface area (Å²) in [5.74, 6) is -0.405. The normalized spacial score (nSPS) is 20.2. The maximum absolute atomic E-state index is 11.9. The van der Waals surface area contributed by atoms with Gasteiger partial charge in [0.2, 0.25) is 0 Å². The Morgan fingerprint density at radius 3 is 2.02 bits per heavy atom. The van der Waals surface area contributed by atoms with Crippen LogP contribution in [-0.2, 0) is 34.5 Å². The molecule has 1 heterocycles. The lowest BCUT2D eigenvalue weighted by atomic mass is 9.90. The lowest BCUT2D eigenvalue weighted by Crippen LogP contribution is -2.53. The first-order chi connectivity index (χ1) is 21.1. The van der Waals surface area contributed by atoms with Gasteiger partial charge in [0.15, 0.2) is 28.2 Å². The quantitative estimate of drug-likeness (QED) is 0.0826. The van der Waals surface area contributed by atoms with Crippen LogP contribution in [0.15, 0.2) is 43.0 Å². The summed E-state index contributed by atoms with van der Waals surface area (Å²) in [5.41, 5.74) is 1.14. The third-order valence-corrected chi connectivity index (χ3v) is 19.4. The van der Waals surface area contributed by atoms with Gasteiger partial charge in [0.1, 0.15) is 6.10 Å². The van der Waals surface area contributed by atoms with Gasteiger partial charge in [-0.15, -0.1) is 0 Å². The Hall–Kier alpha value is -1.14. The average Bonchev–Trinajstić information content (AvgIpc) is 3.29. The molecule has 1 aliphatic rings. The van der Waals surface area contributed by atoms with Gasteiger partial charge in [0, 0.05) is 6.42 Å². The topological polar surface area (TPSA) is 63.2 Å². The van der Waals surface area contributed by atoms with E-state index in [-0.39, 0.29) is 46.2 Å². The van der Waals surface area contributed by atoms with Crippen molar-refractivity contribution in [3.63, 3.8) is 0 Å². The second-order valence-corrected chi connectivity index (χ2v) is 26.5. The molecule has 46 heavy (non-hydrogen) atoms. The summed E-state index contributed by atoms with van der Waals surface area (Å²) in [5, 5.41) is 0.118. The number of rotatable bonds is 19. The predicted molar refractivity (Wildman–Crippen MR) is 196 cm³/mol. The summed E-state index contributed by atoms with van der Waals surface area (Å²) in [6.45, 7) is 34.0. The molecule has 1 saturated heterocycles. The van der Waals surface area contributed by atoms with Gasteiger partial charge < -0.3 is 23.1 Å². The largest absolute Gasteiger partial charge is 0.411 e. The van der Waals surface area contributed by atoms with Crippen molar-refractivity contribution < 1.29 is 27.9 Å². The number of ether oxygens (including phenoxy) is 3. The van der Waals surface area contributed by atoms with Crippen LogP contribution in [0.4, 0.5) is 0 Å². The van der Waals surface area contributed by atoms with Crippen molar-refractivity contribution in [2.75, 3.05) is 6.61 Å². The number of hydrogen-bond acceptors (Lipinski definition) is 6. The molecule has 0 aromatic heterocycles. The van der Waals surface area contributed by atoms with Crippen LogP contribution in [0.2, 0.25) is 36.3 Å². The molecule has 264 valence electrons. The Morgan fingerprint density at radius 1 is 0.957 bits per heavy atom. The molecule has 0 spiro atoms. The Balaban J connectivity index is 2.44. The minimum absolute atomic E-state index is 0.0523. The second-order valence-electron chi connectivity index (χ2n) is 16.9. The molecule has 0 saturated carbocycles. The van der Waals surface area contributed by atoms with Crippen LogP contribution in [-0.4, -0.2) is 59.2 Å². The lowest BCUT2D eigenvalue weighted by molar-refractivity contribution is -0.165. The number of carbonyl (C=O) groups excluding carboxylic acids is 1. The summed E-state index contributed by atoms with van der Waals surface area (Å²) in [7, 11) is -4.30. The molecule has 0 radical (unpaired) electrons. The molecule has 0 amide bonds. The standard InChI is InChI=1S/C38H68O6Si2/c1-15-31(39)24-20-17-21-25-32(43-45(11,12)36(3,4)5)33(44-46(13,14)37(6,7)8)26-29(2)35(34-28-41-38(9,10)42-34)40-27-30-22-18-16-19-23-30/h15-16,18-19,22-23,29,32-35H,1,17,20-21,24-28H2,2-14H3/t29-,32-,33-,34-,35+/m0/s1. The number of benzene rings is 1. The van der Waals surface area contributed by atoms with Crippen molar-refractivity contribution in [1.82, 2.24) is 0 Å². The molecule has 1 aliphatic heterocycles. The van der Waals surface area contributed by atoms with Gasteiger partial charge in [-0.3, -0.25) is 4.79 Å². The molecule has 2 rings (SSSR count). The lowest BCUT2D eigenvalue weighted by Gasteiger charge is -2.46. The van der Waals surface area contributed by atoms with E-state index < -0.39 is 22.4 Å². The predicted octanol–water partition coefficient (Wildman–Crippen LogP) is 10.2. The van der Waals surface area contributed by atoms with Crippen LogP contribution in [0.1, 0.15) is 106 Å².